The first-order valence-corrected chi connectivity index (χ1v) is 10.6. The normalized spacial score (nSPS) is 10.9. The molecule has 0 bridgehead atoms. The average molecular weight is 469 g/mol. The summed E-state index contributed by atoms with van der Waals surface area (Å²) in [4.78, 5) is 18.6. The number of pyridine rings is 1. The molecule has 158 valence electrons. The number of rotatable bonds is 4. The predicted octanol–water partition coefficient (Wildman–Crippen LogP) is 5.76. The number of anilines is 2. The molecular weight excluding hydrogens is 448 g/mol. The van der Waals surface area contributed by atoms with Gasteiger partial charge in [0.1, 0.15) is 5.75 Å². The zero-order chi connectivity index (χ0) is 22.1. The predicted molar refractivity (Wildman–Crippen MR) is 134 cm³/mol. The van der Waals surface area contributed by atoms with Gasteiger partial charge in [0.2, 0.25) is 0 Å². The van der Waals surface area contributed by atoms with Crippen LogP contribution in [0, 0.1) is 0 Å². The molecule has 0 radical (unpaired) electrons. The van der Waals surface area contributed by atoms with E-state index in [9.17, 15) is 4.79 Å². The van der Waals surface area contributed by atoms with Gasteiger partial charge in [-0.3, -0.25) is 4.98 Å². The number of nitrogens with one attached hydrogen (secondary N) is 2. The summed E-state index contributed by atoms with van der Waals surface area (Å²) in [6.07, 6.45) is 5.64. The van der Waals surface area contributed by atoms with Crippen LogP contribution in [0.3, 0.4) is 0 Å². The maximum absolute atomic E-state index is 12.6. The van der Waals surface area contributed by atoms with Gasteiger partial charge < -0.3 is 19.9 Å². The van der Waals surface area contributed by atoms with E-state index in [1.807, 2.05) is 42.2 Å². The van der Waals surface area contributed by atoms with Crippen LogP contribution in [-0.2, 0) is 7.05 Å². The molecule has 2 aromatic heterocycles. The number of benzene rings is 2. The first kappa shape index (κ1) is 21.5. The molecule has 0 spiro atoms. The van der Waals surface area contributed by atoms with Crippen molar-refractivity contribution in [2.24, 2.45) is 7.05 Å². The maximum atomic E-state index is 12.6. The van der Waals surface area contributed by atoms with Crippen LogP contribution < -0.4 is 15.4 Å². The number of carbonyl (C=O) groups excluding carboxylic acids is 1. The van der Waals surface area contributed by atoms with Crippen molar-refractivity contribution in [3.8, 4) is 16.9 Å². The fourth-order valence-electron chi connectivity index (χ4n) is 3.43. The van der Waals surface area contributed by atoms with E-state index >= 15 is 0 Å². The lowest BCUT2D eigenvalue weighted by molar-refractivity contribution is 0.262. The van der Waals surface area contributed by atoms with Crippen molar-refractivity contribution in [2.75, 3.05) is 17.7 Å². The molecule has 6 nitrogen and oxygen atoms in total. The molecule has 4 rings (SSSR count). The van der Waals surface area contributed by atoms with Gasteiger partial charge in [-0.2, -0.15) is 0 Å². The number of ether oxygens (including phenoxy) is 1. The third-order valence-electron chi connectivity index (χ3n) is 4.90. The van der Waals surface area contributed by atoms with Crippen molar-refractivity contribution in [1.29, 1.82) is 0 Å². The Morgan fingerprint density at radius 1 is 1.03 bits per heavy atom. The maximum Gasteiger partial charge on any atom is 0.323 e. The van der Waals surface area contributed by atoms with Crippen LogP contribution in [0.5, 0.6) is 5.75 Å². The van der Waals surface area contributed by atoms with Crippen LogP contribution in [0.4, 0.5) is 16.2 Å². The summed E-state index contributed by atoms with van der Waals surface area (Å²) < 4.78 is 7.32. The van der Waals surface area contributed by atoms with Gasteiger partial charge in [0, 0.05) is 45.1 Å². The Bertz CT molecular complexity index is 1280. The Labute approximate surface area is 196 Å². The van der Waals surface area contributed by atoms with E-state index in [1.165, 1.54) is 7.11 Å². The molecule has 0 aliphatic rings. The van der Waals surface area contributed by atoms with E-state index in [2.05, 4.69) is 53.5 Å². The van der Waals surface area contributed by atoms with Crippen LogP contribution >= 0.6 is 37.9 Å². The number of urea groups is 1. The summed E-state index contributed by atoms with van der Waals surface area (Å²) in [6.45, 7) is 0. The average Bonchev–Trinajstić information content (AvgIpc) is 3.09. The third-order valence-corrected chi connectivity index (χ3v) is 5.98. The van der Waals surface area contributed by atoms with Gasteiger partial charge in [0.05, 0.1) is 30.2 Å². The summed E-state index contributed by atoms with van der Waals surface area (Å²) in [6, 6.07) is 10.6. The smallest absolute Gasteiger partial charge is 0.323 e. The van der Waals surface area contributed by atoms with Crippen LogP contribution in [0.15, 0.2) is 69.7 Å². The van der Waals surface area contributed by atoms with Crippen LogP contribution in [0.25, 0.3) is 22.0 Å². The zero-order valence-corrected chi connectivity index (χ0v) is 19.4. The largest absolute Gasteiger partial charge is 0.495 e. The van der Waals surface area contributed by atoms with Crippen LogP contribution in [0.2, 0.25) is 0 Å². The molecule has 2 N–H and O–H groups in total. The number of para-hydroxylation sites is 1. The highest BCUT2D eigenvalue weighted by molar-refractivity contribution is 7.81. The number of methoxy groups -OCH3 is 1. The van der Waals surface area contributed by atoms with Gasteiger partial charge in [-0.15, -0.1) is 37.9 Å². The Morgan fingerprint density at radius 2 is 1.74 bits per heavy atom. The second-order valence-electron chi connectivity index (χ2n) is 6.87. The number of carbonyl (C=O) groups is 1. The number of nitrogens with zero attached hydrogens (tertiary/aromatic N) is 2. The molecule has 2 heterocycles. The molecule has 0 unspecified atom stereocenters. The number of amides is 2. The number of aryl methyl sites for hydroxylation is 1. The lowest BCUT2D eigenvalue weighted by atomic mass is 10.1. The molecule has 0 saturated heterocycles. The summed E-state index contributed by atoms with van der Waals surface area (Å²) in [7, 11) is 3.51. The highest BCUT2D eigenvalue weighted by Crippen LogP contribution is 2.37. The topological polar surface area (TPSA) is 68.2 Å². The fraction of sp³-hybridized carbons (Fsp3) is 0.0909. The standard InChI is InChI=1S/C22H20N4O2S3/c1-26-11-14(13-6-7-23-10-15(13)26)12-8-18(30)21(19(31)9-12)25-22(27)24-20-16(28-2)4-3-5-17(20)29/h3-11,29-31H,1-2H3,(H2,24,25,27). The highest BCUT2D eigenvalue weighted by Gasteiger charge is 2.16. The molecule has 0 fully saturated rings. The Hall–Kier alpha value is -2.75. The molecule has 2 aromatic carbocycles. The first-order chi connectivity index (χ1) is 14.9. The van der Waals surface area contributed by atoms with Crippen LogP contribution in [-0.4, -0.2) is 22.7 Å². The minimum absolute atomic E-state index is 0.450. The molecule has 31 heavy (non-hydrogen) atoms. The number of fused-ring (bicyclic) bond motifs is 1. The summed E-state index contributed by atoms with van der Waals surface area (Å²) in [5.41, 5.74) is 3.99. The first-order valence-electron chi connectivity index (χ1n) is 9.28. The van der Waals surface area contributed by atoms with Gasteiger partial charge in [0.25, 0.3) is 0 Å². The van der Waals surface area contributed by atoms with Gasteiger partial charge in [-0.1, -0.05) is 6.07 Å². The third kappa shape index (κ3) is 4.21. The Balaban J connectivity index is 1.63. The minimum Gasteiger partial charge on any atom is -0.495 e. The number of aromatic nitrogens is 2. The summed E-state index contributed by atoms with van der Waals surface area (Å²) in [5.74, 6) is 0.514. The number of thiol groups is 3. The van der Waals surface area contributed by atoms with Gasteiger partial charge in [0.15, 0.2) is 0 Å². The quantitative estimate of drug-likeness (QED) is 0.247. The molecule has 2 amide bonds. The van der Waals surface area contributed by atoms with Gasteiger partial charge >= 0.3 is 6.03 Å². The number of hydrogen-bond donors (Lipinski definition) is 5. The van der Waals surface area contributed by atoms with E-state index in [0.717, 1.165) is 22.0 Å². The SMILES string of the molecule is COc1cccc(S)c1NC(=O)Nc1c(S)cc(-c2cn(C)c3cnccc23)cc1S. The van der Waals surface area contributed by atoms with Gasteiger partial charge in [-0.25, -0.2) is 4.79 Å². The summed E-state index contributed by atoms with van der Waals surface area (Å²) in [5, 5.41) is 6.67. The highest BCUT2D eigenvalue weighted by atomic mass is 32.1. The van der Waals surface area contributed by atoms with Crippen molar-refractivity contribution >= 4 is 66.2 Å². The molecule has 9 heteroatoms. The van der Waals surface area contributed by atoms with Crippen LogP contribution in [0.1, 0.15) is 0 Å². The van der Waals surface area contributed by atoms with Gasteiger partial charge in [-0.05, 0) is 35.9 Å². The van der Waals surface area contributed by atoms with Crippen molar-refractivity contribution < 1.29 is 9.53 Å². The second-order valence-corrected chi connectivity index (χ2v) is 8.31. The van der Waals surface area contributed by atoms with Crippen molar-refractivity contribution in [3.63, 3.8) is 0 Å². The van der Waals surface area contributed by atoms with Crippen molar-refractivity contribution in [1.82, 2.24) is 9.55 Å². The lowest BCUT2D eigenvalue weighted by Gasteiger charge is -2.15. The second kappa shape index (κ2) is 8.78. The molecule has 0 aliphatic heterocycles. The van der Waals surface area contributed by atoms with E-state index < -0.39 is 6.03 Å². The minimum atomic E-state index is -0.450. The number of hydrogen-bond acceptors (Lipinski definition) is 6. The van der Waals surface area contributed by atoms with E-state index in [4.69, 9.17) is 4.74 Å². The summed E-state index contributed by atoms with van der Waals surface area (Å²) >= 11 is 13.6. The molecule has 0 atom stereocenters. The monoisotopic (exact) mass is 468 g/mol. The zero-order valence-electron chi connectivity index (χ0n) is 16.7. The van der Waals surface area contributed by atoms with Crippen molar-refractivity contribution in [3.05, 3.63) is 55.0 Å². The molecule has 0 aliphatic carbocycles. The molecule has 4 aromatic rings. The Morgan fingerprint density at radius 3 is 2.45 bits per heavy atom. The van der Waals surface area contributed by atoms with Crippen molar-refractivity contribution in [2.45, 2.75) is 14.7 Å². The Kier molecular flexibility index (Phi) is 6.08. The molecule has 0 saturated carbocycles. The lowest BCUT2D eigenvalue weighted by Crippen LogP contribution is -2.20. The van der Waals surface area contributed by atoms with E-state index in [-0.39, 0.29) is 0 Å². The molecular formula is C22H20N4O2S3. The van der Waals surface area contributed by atoms with E-state index in [1.54, 1.807) is 24.4 Å². The fourth-order valence-corrected chi connectivity index (χ4v) is 4.40. The van der Waals surface area contributed by atoms with E-state index in [0.29, 0.717) is 31.8 Å².